The summed E-state index contributed by atoms with van der Waals surface area (Å²) in [6, 6.07) is -0.325. The fourth-order valence-corrected chi connectivity index (χ4v) is 7.22. The molecular formula is C44H89NO3. The molecule has 48 heavy (non-hydrogen) atoms. The molecule has 0 aliphatic heterocycles. The van der Waals surface area contributed by atoms with Gasteiger partial charge < -0.3 is 15.5 Å². The summed E-state index contributed by atoms with van der Waals surface area (Å²) in [4.78, 5) is 12.4. The van der Waals surface area contributed by atoms with Crippen LogP contribution in [0.5, 0.6) is 0 Å². The van der Waals surface area contributed by atoms with Crippen molar-refractivity contribution < 1.29 is 15.0 Å². The van der Waals surface area contributed by atoms with Crippen LogP contribution in [0, 0.1) is 0 Å². The number of carbonyl (C=O) groups excluding carboxylic acids is 1. The standard InChI is InChI=1S/C44H89NO3/c1-3-5-7-9-11-13-15-17-18-19-20-21-22-23-24-25-26-27-29-31-33-35-37-39-44(48)45-42(41-46)40-43(47)38-36-34-32-30-28-16-14-12-10-8-6-4-2/h42-43,46-47H,3-41H2,1-2H3,(H,45,48). The Morgan fingerprint density at radius 2 is 0.708 bits per heavy atom. The number of unbranched alkanes of at least 4 members (excludes halogenated alkanes) is 33. The fourth-order valence-electron chi connectivity index (χ4n) is 7.22. The van der Waals surface area contributed by atoms with Crippen molar-refractivity contribution in [3.8, 4) is 0 Å². The molecule has 4 nitrogen and oxygen atoms in total. The summed E-state index contributed by atoms with van der Waals surface area (Å²) in [6.07, 6.45) is 48.7. The Kier molecular flexibility index (Phi) is 40.3. The molecule has 0 aromatic rings. The Morgan fingerprint density at radius 3 is 1.00 bits per heavy atom. The van der Waals surface area contributed by atoms with Crippen LogP contribution in [0.2, 0.25) is 0 Å². The second-order valence-electron chi connectivity index (χ2n) is 15.5. The van der Waals surface area contributed by atoms with Crippen molar-refractivity contribution in [2.45, 2.75) is 270 Å². The van der Waals surface area contributed by atoms with E-state index in [0.717, 1.165) is 25.7 Å². The molecule has 0 radical (unpaired) electrons. The van der Waals surface area contributed by atoms with Crippen molar-refractivity contribution in [3.63, 3.8) is 0 Å². The Hall–Kier alpha value is -0.610. The zero-order valence-electron chi connectivity index (χ0n) is 33.0. The highest BCUT2D eigenvalue weighted by Gasteiger charge is 2.16. The predicted molar refractivity (Wildman–Crippen MR) is 212 cm³/mol. The second-order valence-corrected chi connectivity index (χ2v) is 15.5. The van der Waals surface area contributed by atoms with E-state index in [1.165, 1.54) is 205 Å². The summed E-state index contributed by atoms with van der Waals surface area (Å²) in [5.74, 6) is 0.0233. The average molecular weight is 680 g/mol. The number of aliphatic hydroxyl groups is 2. The largest absolute Gasteiger partial charge is 0.394 e. The normalized spacial score (nSPS) is 12.8. The van der Waals surface area contributed by atoms with Gasteiger partial charge >= 0.3 is 0 Å². The number of aliphatic hydroxyl groups excluding tert-OH is 2. The molecule has 0 aromatic carbocycles. The highest BCUT2D eigenvalue weighted by atomic mass is 16.3. The summed E-state index contributed by atoms with van der Waals surface area (Å²) in [6.45, 7) is 4.47. The topological polar surface area (TPSA) is 69.6 Å². The summed E-state index contributed by atoms with van der Waals surface area (Å²) >= 11 is 0. The number of hydrogen-bond acceptors (Lipinski definition) is 3. The van der Waals surface area contributed by atoms with Gasteiger partial charge in [-0.2, -0.15) is 0 Å². The third kappa shape index (κ3) is 38.2. The van der Waals surface area contributed by atoms with Gasteiger partial charge in [0.25, 0.3) is 0 Å². The van der Waals surface area contributed by atoms with Crippen LogP contribution in [-0.4, -0.2) is 34.9 Å². The van der Waals surface area contributed by atoms with Crippen LogP contribution in [0.15, 0.2) is 0 Å². The average Bonchev–Trinajstić information content (AvgIpc) is 3.08. The molecule has 0 aliphatic rings. The van der Waals surface area contributed by atoms with Gasteiger partial charge in [0.15, 0.2) is 0 Å². The molecule has 0 rings (SSSR count). The third-order valence-electron chi connectivity index (χ3n) is 10.5. The fraction of sp³-hybridized carbons (Fsp3) is 0.977. The maximum atomic E-state index is 12.4. The molecule has 0 spiro atoms. The highest BCUT2D eigenvalue weighted by molar-refractivity contribution is 5.76. The number of hydrogen-bond donors (Lipinski definition) is 3. The predicted octanol–water partition coefficient (Wildman–Crippen LogP) is 13.7. The van der Waals surface area contributed by atoms with Crippen molar-refractivity contribution in [2.75, 3.05) is 6.61 Å². The van der Waals surface area contributed by atoms with E-state index in [0.29, 0.717) is 12.8 Å². The van der Waals surface area contributed by atoms with Gasteiger partial charge in [0.1, 0.15) is 0 Å². The van der Waals surface area contributed by atoms with Crippen LogP contribution in [0.3, 0.4) is 0 Å². The number of carbonyl (C=O) groups is 1. The van der Waals surface area contributed by atoms with E-state index in [1.54, 1.807) is 0 Å². The van der Waals surface area contributed by atoms with Gasteiger partial charge in [-0.05, 0) is 19.3 Å². The number of nitrogens with one attached hydrogen (secondary N) is 1. The second kappa shape index (κ2) is 40.8. The molecular weight excluding hydrogens is 590 g/mol. The minimum Gasteiger partial charge on any atom is -0.394 e. The van der Waals surface area contributed by atoms with Crippen molar-refractivity contribution in [1.29, 1.82) is 0 Å². The quantitative estimate of drug-likeness (QED) is 0.0563. The van der Waals surface area contributed by atoms with Gasteiger partial charge in [0.05, 0.1) is 18.8 Å². The summed E-state index contributed by atoms with van der Waals surface area (Å²) in [7, 11) is 0. The first-order valence-electron chi connectivity index (χ1n) is 22.2. The lowest BCUT2D eigenvalue weighted by Gasteiger charge is -2.20. The molecule has 1 amide bonds. The smallest absolute Gasteiger partial charge is 0.220 e. The van der Waals surface area contributed by atoms with E-state index < -0.39 is 6.10 Å². The SMILES string of the molecule is CCCCCCCCCCCCCCCCCCCCCCCCCC(=O)NC(CO)CC(O)CCCCCCCCCCCCCC. The molecule has 0 heterocycles. The van der Waals surface area contributed by atoms with Crippen LogP contribution in [0.1, 0.15) is 258 Å². The Morgan fingerprint density at radius 1 is 0.438 bits per heavy atom. The van der Waals surface area contributed by atoms with Crippen molar-refractivity contribution >= 4 is 5.91 Å². The van der Waals surface area contributed by atoms with Crippen LogP contribution >= 0.6 is 0 Å². The summed E-state index contributed by atoms with van der Waals surface area (Å²) < 4.78 is 0. The van der Waals surface area contributed by atoms with Crippen molar-refractivity contribution in [3.05, 3.63) is 0 Å². The van der Waals surface area contributed by atoms with Crippen molar-refractivity contribution in [2.24, 2.45) is 0 Å². The van der Waals surface area contributed by atoms with Gasteiger partial charge in [0, 0.05) is 6.42 Å². The van der Waals surface area contributed by atoms with E-state index in [1.807, 2.05) is 0 Å². The van der Waals surface area contributed by atoms with Gasteiger partial charge in [-0.15, -0.1) is 0 Å². The van der Waals surface area contributed by atoms with Crippen LogP contribution < -0.4 is 5.32 Å². The first kappa shape index (κ1) is 47.4. The van der Waals surface area contributed by atoms with Crippen LogP contribution in [0.25, 0.3) is 0 Å². The Bertz CT molecular complexity index is 612. The number of amides is 1. The van der Waals surface area contributed by atoms with E-state index in [9.17, 15) is 15.0 Å². The van der Waals surface area contributed by atoms with E-state index >= 15 is 0 Å². The van der Waals surface area contributed by atoms with E-state index in [4.69, 9.17) is 0 Å². The zero-order valence-corrected chi connectivity index (χ0v) is 33.0. The molecule has 2 atom stereocenters. The first-order valence-corrected chi connectivity index (χ1v) is 22.2. The summed E-state index contributed by atoms with van der Waals surface area (Å²) in [5, 5.41) is 23.1. The maximum absolute atomic E-state index is 12.4. The van der Waals surface area contributed by atoms with E-state index in [2.05, 4.69) is 19.2 Å². The van der Waals surface area contributed by atoms with Gasteiger partial charge in [0.2, 0.25) is 5.91 Å². The zero-order chi connectivity index (χ0) is 35.0. The van der Waals surface area contributed by atoms with Gasteiger partial charge in [-0.3, -0.25) is 4.79 Å². The van der Waals surface area contributed by atoms with Gasteiger partial charge in [-0.1, -0.05) is 232 Å². The molecule has 3 N–H and O–H groups in total. The monoisotopic (exact) mass is 680 g/mol. The summed E-state index contributed by atoms with van der Waals surface area (Å²) in [5.41, 5.74) is 0. The highest BCUT2D eigenvalue weighted by Crippen LogP contribution is 2.17. The van der Waals surface area contributed by atoms with E-state index in [-0.39, 0.29) is 18.6 Å². The van der Waals surface area contributed by atoms with Crippen LogP contribution in [0.4, 0.5) is 0 Å². The molecule has 0 fully saturated rings. The molecule has 288 valence electrons. The first-order chi connectivity index (χ1) is 23.6. The molecule has 0 saturated carbocycles. The lowest BCUT2D eigenvalue weighted by atomic mass is 10.0. The minimum atomic E-state index is -0.440. The Labute approximate surface area is 302 Å². The molecule has 4 heteroatoms. The molecule has 2 unspecified atom stereocenters. The van der Waals surface area contributed by atoms with Gasteiger partial charge in [-0.25, -0.2) is 0 Å². The molecule has 0 aliphatic carbocycles. The lowest BCUT2D eigenvalue weighted by molar-refractivity contribution is -0.122. The lowest BCUT2D eigenvalue weighted by Crippen LogP contribution is -2.39. The third-order valence-corrected chi connectivity index (χ3v) is 10.5. The molecule has 0 aromatic heterocycles. The number of rotatable bonds is 41. The Balaban J connectivity index is 3.42. The van der Waals surface area contributed by atoms with Crippen molar-refractivity contribution in [1.82, 2.24) is 5.32 Å². The minimum absolute atomic E-state index is 0.0233. The molecule has 0 bridgehead atoms. The molecule has 0 saturated heterocycles. The maximum Gasteiger partial charge on any atom is 0.220 e. The van der Waals surface area contributed by atoms with Crippen LogP contribution in [-0.2, 0) is 4.79 Å².